The molecule has 0 radical (unpaired) electrons. The van der Waals surface area contributed by atoms with E-state index in [-0.39, 0.29) is 49.6 Å². The number of amides is 2. The van der Waals surface area contributed by atoms with Crippen LogP contribution in [0.5, 0.6) is 0 Å². The normalized spacial score (nSPS) is 19.9. The molecular formula is C18H25ClN4O5. The van der Waals surface area contributed by atoms with E-state index in [1.165, 1.54) is 11.0 Å². The van der Waals surface area contributed by atoms with Crippen molar-refractivity contribution in [2.24, 2.45) is 0 Å². The second-order valence-electron chi connectivity index (χ2n) is 7.04. The van der Waals surface area contributed by atoms with Crippen molar-refractivity contribution >= 4 is 30.1 Å². The van der Waals surface area contributed by atoms with E-state index in [0.717, 1.165) is 25.9 Å². The first-order chi connectivity index (χ1) is 13.0. The molecule has 1 N–H and O–H groups in total. The molecule has 1 aromatic carbocycles. The van der Waals surface area contributed by atoms with E-state index in [2.05, 4.69) is 4.90 Å². The zero-order chi connectivity index (χ0) is 19.4. The molecule has 0 bridgehead atoms. The Hall–Kier alpha value is -2.39. The monoisotopic (exact) mass is 412 g/mol. The van der Waals surface area contributed by atoms with Crippen LogP contribution in [0.15, 0.2) is 24.3 Å². The van der Waals surface area contributed by atoms with E-state index in [0.29, 0.717) is 18.7 Å². The number of carbonyl (C=O) groups is 2. The van der Waals surface area contributed by atoms with Crippen molar-refractivity contribution in [2.45, 2.75) is 25.3 Å². The number of carboxylic acid groups (broad SMARTS) is 1. The van der Waals surface area contributed by atoms with Gasteiger partial charge in [-0.2, -0.15) is 0 Å². The van der Waals surface area contributed by atoms with Crippen LogP contribution in [0.4, 0.5) is 10.5 Å². The fourth-order valence-electron chi connectivity index (χ4n) is 3.88. The van der Waals surface area contributed by atoms with Gasteiger partial charge in [-0.05, 0) is 25.9 Å². The molecule has 2 saturated heterocycles. The maximum atomic E-state index is 12.9. The lowest BCUT2D eigenvalue weighted by molar-refractivity contribution is -0.385. The Morgan fingerprint density at radius 2 is 1.82 bits per heavy atom. The molecule has 1 atom stereocenters. The highest BCUT2D eigenvalue weighted by atomic mass is 35.5. The van der Waals surface area contributed by atoms with E-state index in [1.807, 2.05) is 0 Å². The molecule has 10 heteroatoms. The standard InChI is InChI=1S/C18H24N4O5.ClH/c23-17(11-14-5-1-2-6-16(14)22(26)27)21-10-9-20(18(24)25)13-15(21)12-19-7-3-4-8-19;/h1-2,5-6,15H,3-4,7-13H2,(H,24,25);1H. The van der Waals surface area contributed by atoms with Crippen LogP contribution in [0, 0.1) is 10.1 Å². The van der Waals surface area contributed by atoms with E-state index >= 15 is 0 Å². The number of piperazine rings is 1. The summed E-state index contributed by atoms with van der Waals surface area (Å²) in [5.74, 6) is -0.196. The van der Waals surface area contributed by atoms with Crippen LogP contribution >= 0.6 is 12.4 Å². The molecule has 1 aromatic rings. The van der Waals surface area contributed by atoms with E-state index in [9.17, 15) is 24.8 Å². The number of benzene rings is 1. The van der Waals surface area contributed by atoms with Gasteiger partial charge in [-0.3, -0.25) is 14.9 Å². The number of rotatable bonds is 5. The van der Waals surface area contributed by atoms with Crippen LogP contribution in [0.25, 0.3) is 0 Å². The highest BCUT2D eigenvalue weighted by molar-refractivity contribution is 5.85. The lowest BCUT2D eigenvalue weighted by atomic mass is 10.1. The molecular weight excluding hydrogens is 388 g/mol. The second-order valence-corrected chi connectivity index (χ2v) is 7.04. The lowest BCUT2D eigenvalue weighted by Gasteiger charge is -2.42. The molecule has 154 valence electrons. The number of nitro groups is 1. The zero-order valence-corrected chi connectivity index (χ0v) is 16.3. The molecule has 0 aliphatic carbocycles. The zero-order valence-electron chi connectivity index (χ0n) is 15.5. The van der Waals surface area contributed by atoms with Crippen LogP contribution in [0.1, 0.15) is 18.4 Å². The van der Waals surface area contributed by atoms with Gasteiger partial charge >= 0.3 is 6.09 Å². The average molecular weight is 413 g/mol. The van der Waals surface area contributed by atoms with Crippen molar-refractivity contribution in [3.05, 3.63) is 39.9 Å². The van der Waals surface area contributed by atoms with Gasteiger partial charge < -0.3 is 19.8 Å². The number of likely N-dealkylation sites (tertiary alicyclic amines) is 1. The first-order valence-electron chi connectivity index (χ1n) is 9.17. The molecule has 2 fully saturated rings. The second kappa shape index (κ2) is 9.70. The van der Waals surface area contributed by atoms with Gasteiger partial charge in [0.25, 0.3) is 5.69 Å². The van der Waals surface area contributed by atoms with Crippen molar-refractivity contribution in [3.63, 3.8) is 0 Å². The van der Waals surface area contributed by atoms with Crippen LogP contribution in [0.3, 0.4) is 0 Å². The third-order valence-corrected chi connectivity index (χ3v) is 5.27. The fourth-order valence-corrected chi connectivity index (χ4v) is 3.88. The minimum Gasteiger partial charge on any atom is -0.465 e. The highest BCUT2D eigenvalue weighted by Crippen LogP contribution is 2.21. The molecule has 9 nitrogen and oxygen atoms in total. The van der Waals surface area contributed by atoms with Crippen molar-refractivity contribution in [1.29, 1.82) is 0 Å². The number of halogens is 1. The summed E-state index contributed by atoms with van der Waals surface area (Å²) in [6.45, 7) is 3.38. The molecule has 0 saturated carbocycles. The summed E-state index contributed by atoms with van der Waals surface area (Å²) < 4.78 is 0. The average Bonchev–Trinajstić information content (AvgIpc) is 3.14. The van der Waals surface area contributed by atoms with Gasteiger partial charge in [0.2, 0.25) is 5.91 Å². The lowest BCUT2D eigenvalue weighted by Crippen LogP contribution is -2.59. The van der Waals surface area contributed by atoms with Crippen LogP contribution < -0.4 is 0 Å². The Balaban J connectivity index is 0.00000280. The molecule has 28 heavy (non-hydrogen) atoms. The minimum absolute atomic E-state index is 0. The quantitative estimate of drug-likeness (QED) is 0.584. The summed E-state index contributed by atoms with van der Waals surface area (Å²) in [5, 5.41) is 20.5. The fraction of sp³-hybridized carbons (Fsp3) is 0.556. The number of carbonyl (C=O) groups excluding carboxylic acids is 1. The predicted molar refractivity (Wildman–Crippen MR) is 105 cm³/mol. The highest BCUT2D eigenvalue weighted by Gasteiger charge is 2.34. The maximum absolute atomic E-state index is 12.9. The van der Waals surface area contributed by atoms with Gasteiger partial charge in [0.1, 0.15) is 0 Å². The smallest absolute Gasteiger partial charge is 0.407 e. The number of nitro benzene ring substituents is 1. The van der Waals surface area contributed by atoms with Crippen LogP contribution in [-0.4, -0.2) is 82.0 Å². The summed E-state index contributed by atoms with van der Waals surface area (Å²) in [6.07, 6.45) is 1.19. The Kier molecular flexibility index (Phi) is 7.59. The third kappa shape index (κ3) is 5.11. The Labute approximate surface area is 169 Å². The summed E-state index contributed by atoms with van der Waals surface area (Å²) in [5.41, 5.74) is 0.319. The van der Waals surface area contributed by atoms with E-state index < -0.39 is 11.0 Å². The van der Waals surface area contributed by atoms with Crippen LogP contribution in [-0.2, 0) is 11.2 Å². The summed E-state index contributed by atoms with van der Waals surface area (Å²) in [7, 11) is 0. The molecule has 1 unspecified atom stereocenters. The Morgan fingerprint density at radius 1 is 1.14 bits per heavy atom. The maximum Gasteiger partial charge on any atom is 0.407 e. The SMILES string of the molecule is Cl.O=C(O)N1CCN(C(=O)Cc2ccccc2[N+](=O)[O-])C(CN2CCCC2)C1. The summed E-state index contributed by atoms with van der Waals surface area (Å²) in [6, 6.07) is 6.02. The Bertz CT molecular complexity index is 726. The van der Waals surface area contributed by atoms with Crippen molar-refractivity contribution < 1.29 is 19.6 Å². The molecule has 0 aromatic heterocycles. The first-order valence-corrected chi connectivity index (χ1v) is 9.17. The Morgan fingerprint density at radius 3 is 2.46 bits per heavy atom. The molecule has 3 rings (SSSR count). The summed E-state index contributed by atoms with van der Waals surface area (Å²) >= 11 is 0. The van der Waals surface area contributed by atoms with E-state index in [1.54, 1.807) is 23.1 Å². The first kappa shape index (κ1) is 21.9. The van der Waals surface area contributed by atoms with Gasteiger partial charge in [-0.25, -0.2) is 4.79 Å². The topological polar surface area (TPSA) is 107 Å². The third-order valence-electron chi connectivity index (χ3n) is 5.27. The molecule has 2 heterocycles. The molecule has 2 aliphatic rings. The van der Waals surface area contributed by atoms with Crippen molar-refractivity contribution in [1.82, 2.24) is 14.7 Å². The largest absolute Gasteiger partial charge is 0.465 e. The van der Waals surface area contributed by atoms with Gasteiger partial charge in [0.05, 0.1) is 17.4 Å². The number of hydrogen-bond acceptors (Lipinski definition) is 5. The summed E-state index contributed by atoms with van der Waals surface area (Å²) in [4.78, 5) is 40.3. The van der Waals surface area contributed by atoms with Gasteiger partial charge in [-0.15, -0.1) is 12.4 Å². The van der Waals surface area contributed by atoms with Gasteiger partial charge in [0, 0.05) is 37.8 Å². The van der Waals surface area contributed by atoms with Gasteiger partial charge in [0.15, 0.2) is 0 Å². The van der Waals surface area contributed by atoms with Crippen molar-refractivity contribution in [3.8, 4) is 0 Å². The minimum atomic E-state index is -0.979. The number of hydrogen-bond donors (Lipinski definition) is 1. The van der Waals surface area contributed by atoms with Crippen LogP contribution in [0.2, 0.25) is 0 Å². The van der Waals surface area contributed by atoms with Crippen molar-refractivity contribution in [2.75, 3.05) is 39.3 Å². The number of para-hydroxylation sites is 1. The predicted octanol–water partition coefficient (Wildman–Crippen LogP) is 1.85. The van der Waals surface area contributed by atoms with Gasteiger partial charge in [-0.1, -0.05) is 18.2 Å². The molecule has 0 spiro atoms. The molecule has 2 aliphatic heterocycles. The number of nitrogens with zero attached hydrogens (tertiary/aromatic N) is 4. The molecule has 2 amide bonds. The van der Waals surface area contributed by atoms with E-state index in [4.69, 9.17) is 0 Å².